The van der Waals surface area contributed by atoms with Gasteiger partial charge >= 0.3 is 0 Å². The highest BCUT2D eigenvalue weighted by Gasteiger charge is 2.34. The fourth-order valence-corrected chi connectivity index (χ4v) is 3.77. The van der Waals surface area contributed by atoms with Gasteiger partial charge < -0.3 is 9.80 Å². The van der Waals surface area contributed by atoms with Crippen LogP contribution in [0.5, 0.6) is 0 Å². The van der Waals surface area contributed by atoms with E-state index in [1.54, 1.807) is 11.3 Å². The zero-order chi connectivity index (χ0) is 17.0. The van der Waals surface area contributed by atoms with Crippen molar-refractivity contribution in [3.63, 3.8) is 0 Å². The number of allylic oxidation sites excluding steroid dienone is 2. The molecule has 0 radical (unpaired) electrons. The van der Waals surface area contributed by atoms with Crippen LogP contribution < -0.4 is 4.90 Å². The van der Waals surface area contributed by atoms with Crippen LogP contribution >= 0.6 is 11.3 Å². The van der Waals surface area contributed by atoms with Gasteiger partial charge in [0, 0.05) is 32.4 Å². The van der Waals surface area contributed by atoms with E-state index in [-0.39, 0.29) is 11.3 Å². The predicted octanol–water partition coefficient (Wildman–Crippen LogP) is 4.08. The van der Waals surface area contributed by atoms with Crippen LogP contribution in [0.3, 0.4) is 0 Å². The molecule has 2 heterocycles. The Kier molecular flexibility index (Phi) is 5.84. The van der Waals surface area contributed by atoms with Crippen LogP contribution in [0.1, 0.15) is 52.1 Å². The molecule has 0 saturated carbocycles. The van der Waals surface area contributed by atoms with Crippen LogP contribution in [0.15, 0.2) is 17.0 Å². The summed E-state index contributed by atoms with van der Waals surface area (Å²) in [5.74, 6) is 0.268. The first-order chi connectivity index (χ1) is 10.8. The van der Waals surface area contributed by atoms with Gasteiger partial charge in [0.15, 0.2) is 5.13 Å². The fourth-order valence-electron chi connectivity index (χ4n) is 3.02. The average Bonchev–Trinajstić information content (AvgIpc) is 2.91. The second-order valence-corrected chi connectivity index (χ2v) is 8.23. The molecular weight excluding hydrogens is 306 g/mol. The molecule has 1 aliphatic heterocycles. The summed E-state index contributed by atoms with van der Waals surface area (Å²) < 4.78 is 0. The van der Waals surface area contributed by atoms with E-state index >= 15 is 0 Å². The first kappa shape index (κ1) is 18.0. The van der Waals surface area contributed by atoms with Crippen LogP contribution in [0.25, 0.3) is 0 Å². The maximum absolute atomic E-state index is 12.3. The van der Waals surface area contributed by atoms with E-state index in [1.807, 2.05) is 23.9 Å². The second-order valence-electron chi connectivity index (χ2n) is 7.40. The lowest BCUT2D eigenvalue weighted by Crippen LogP contribution is -2.44. The summed E-state index contributed by atoms with van der Waals surface area (Å²) in [5, 5.41) is 3.06. The first-order valence-corrected chi connectivity index (χ1v) is 9.20. The van der Waals surface area contributed by atoms with Crippen LogP contribution in [-0.4, -0.2) is 36.4 Å². The molecule has 5 heteroatoms. The Hall–Kier alpha value is -1.36. The van der Waals surface area contributed by atoms with Gasteiger partial charge in [-0.2, -0.15) is 0 Å². The molecular formula is C18H29N3OS. The number of hydrogen-bond donors (Lipinski definition) is 0. The molecule has 0 spiro atoms. The van der Waals surface area contributed by atoms with E-state index in [9.17, 15) is 4.79 Å². The van der Waals surface area contributed by atoms with Gasteiger partial charge in [0.25, 0.3) is 0 Å². The molecule has 2 rings (SSSR count). The van der Waals surface area contributed by atoms with Crippen molar-refractivity contribution in [2.75, 3.05) is 25.5 Å². The topological polar surface area (TPSA) is 36.4 Å². The largest absolute Gasteiger partial charge is 0.354 e. The molecule has 0 bridgehead atoms. The summed E-state index contributed by atoms with van der Waals surface area (Å²) in [7, 11) is 3.99. The van der Waals surface area contributed by atoms with Gasteiger partial charge in [-0.25, -0.2) is 4.98 Å². The molecule has 1 fully saturated rings. The van der Waals surface area contributed by atoms with Gasteiger partial charge in [0.2, 0.25) is 5.91 Å². The van der Waals surface area contributed by atoms with Crippen molar-refractivity contribution in [2.45, 2.75) is 53.0 Å². The number of anilines is 1. The van der Waals surface area contributed by atoms with E-state index in [4.69, 9.17) is 0 Å². The van der Waals surface area contributed by atoms with Crippen molar-refractivity contribution < 1.29 is 4.79 Å². The molecule has 0 N–H and O–H groups in total. The number of amides is 1. The molecule has 128 valence electrons. The Labute approximate surface area is 144 Å². The summed E-state index contributed by atoms with van der Waals surface area (Å²) in [6.07, 6.45) is 6.20. The molecule has 0 aromatic carbocycles. The minimum atomic E-state index is 0.222. The molecule has 4 nitrogen and oxygen atoms in total. The molecule has 23 heavy (non-hydrogen) atoms. The van der Waals surface area contributed by atoms with Crippen LogP contribution in [0.2, 0.25) is 0 Å². The van der Waals surface area contributed by atoms with Crippen molar-refractivity contribution in [3.8, 4) is 0 Å². The maximum Gasteiger partial charge on any atom is 0.222 e. The van der Waals surface area contributed by atoms with Gasteiger partial charge in [-0.3, -0.25) is 4.79 Å². The number of thiazole rings is 1. The first-order valence-electron chi connectivity index (χ1n) is 8.32. The molecule has 1 saturated heterocycles. The maximum atomic E-state index is 12.3. The number of hydrogen-bond acceptors (Lipinski definition) is 4. The lowest BCUT2D eigenvalue weighted by atomic mass is 9.77. The average molecular weight is 336 g/mol. The van der Waals surface area contributed by atoms with Crippen molar-refractivity contribution in [3.05, 3.63) is 22.7 Å². The number of nitrogens with zero attached hydrogens (tertiary/aromatic N) is 3. The Balaban J connectivity index is 1.99. The standard InChI is InChI=1S/C18H29N3OS/c1-14(2)7-6-9-18(3)10-8-16(22)21(13-18)11-15-12-23-17(19-15)20(4)5/h7,12H,6,8-11,13H2,1-5H3. The molecule has 1 aliphatic rings. The van der Waals surface area contributed by atoms with E-state index < -0.39 is 0 Å². The summed E-state index contributed by atoms with van der Waals surface area (Å²) in [6.45, 7) is 8.09. The number of aromatic nitrogens is 1. The molecule has 1 aromatic heterocycles. The van der Waals surface area contributed by atoms with Crippen molar-refractivity contribution >= 4 is 22.4 Å². The number of carbonyl (C=O) groups excluding carboxylic acids is 1. The summed E-state index contributed by atoms with van der Waals surface area (Å²) in [4.78, 5) is 20.9. The van der Waals surface area contributed by atoms with Gasteiger partial charge in [-0.1, -0.05) is 18.6 Å². The van der Waals surface area contributed by atoms with Crippen molar-refractivity contribution in [1.29, 1.82) is 0 Å². The Morgan fingerprint density at radius 1 is 1.48 bits per heavy atom. The Morgan fingerprint density at radius 3 is 2.83 bits per heavy atom. The van der Waals surface area contributed by atoms with Gasteiger partial charge in [-0.15, -0.1) is 11.3 Å². The van der Waals surface area contributed by atoms with Crippen LogP contribution in [0.4, 0.5) is 5.13 Å². The van der Waals surface area contributed by atoms with Crippen molar-refractivity contribution in [1.82, 2.24) is 9.88 Å². The van der Waals surface area contributed by atoms with Crippen molar-refractivity contribution in [2.24, 2.45) is 5.41 Å². The summed E-state index contributed by atoms with van der Waals surface area (Å²) in [5.41, 5.74) is 2.59. The fraction of sp³-hybridized carbons (Fsp3) is 0.667. The quantitative estimate of drug-likeness (QED) is 0.735. The molecule has 0 aliphatic carbocycles. The van der Waals surface area contributed by atoms with E-state index in [0.717, 1.165) is 36.6 Å². The predicted molar refractivity (Wildman–Crippen MR) is 97.9 cm³/mol. The number of carbonyl (C=O) groups is 1. The summed E-state index contributed by atoms with van der Waals surface area (Å²) in [6, 6.07) is 0. The smallest absolute Gasteiger partial charge is 0.222 e. The zero-order valence-electron chi connectivity index (χ0n) is 15.1. The third kappa shape index (κ3) is 5.06. The van der Waals surface area contributed by atoms with Gasteiger partial charge in [0.05, 0.1) is 12.2 Å². The molecule has 1 aromatic rings. The van der Waals surface area contributed by atoms with E-state index in [2.05, 4.69) is 37.2 Å². The highest BCUT2D eigenvalue weighted by Crippen LogP contribution is 2.35. The highest BCUT2D eigenvalue weighted by molar-refractivity contribution is 7.13. The Bertz CT molecular complexity index is 575. The Morgan fingerprint density at radius 2 is 2.22 bits per heavy atom. The zero-order valence-corrected chi connectivity index (χ0v) is 15.9. The van der Waals surface area contributed by atoms with Crippen LogP contribution in [-0.2, 0) is 11.3 Å². The monoisotopic (exact) mass is 335 g/mol. The summed E-state index contributed by atoms with van der Waals surface area (Å²) >= 11 is 1.63. The van der Waals surface area contributed by atoms with Gasteiger partial charge in [0.1, 0.15) is 0 Å². The minimum Gasteiger partial charge on any atom is -0.354 e. The normalized spacial score (nSPS) is 21.4. The SMILES string of the molecule is CC(C)=CCCC1(C)CCC(=O)N(Cc2csc(N(C)C)n2)C1. The molecule has 1 amide bonds. The lowest BCUT2D eigenvalue weighted by Gasteiger charge is -2.40. The van der Waals surface area contributed by atoms with Crippen LogP contribution in [0, 0.1) is 5.41 Å². The lowest BCUT2D eigenvalue weighted by molar-refractivity contribution is -0.138. The van der Waals surface area contributed by atoms with Gasteiger partial charge in [-0.05, 0) is 38.5 Å². The third-order valence-corrected chi connectivity index (χ3v) is 5.50. The minimum absolute atomic E-state index is 0.222. The third-order valence-electron chi connectivity index (χ3n) is 4.44. The molecule has 1 atom stereocenters. The highest BCUT2D eigenvalue weighted by atomic mass is 32.1. The number of rotatable bonds is 6. The van der Waals surface area contributed by atoms with E-state index in [1.165, 1.54) is 5.57 Å². The van der Waals surface area contributed by atoms with E-state index in [0.29, 0.717) is 13.0 Å². The second kappa shape index (κ2) is 7.47. The number of piperidine rings is 1. The molecule has 1 unspecified atom stereocenters. The number of likely N-dealkylation sites (tertiary alicyclic amines) is 1.